The van der Waals surface area contributed by atoms with Crippen LogP contribution in [-0.2, 0) is 13.0 Å². The first-order valence-corrected chi connectivity index (χ1v) is 7.68. The molecule has 1 aliphatic carbocycles. The topological polar surface area (TPSA) is 30.7 Å². The molecule has 0 aromatic carbocycles. The van der Waals surface area contributed by atoms with Gasteiger partial charge in [0, 0.05) is 18.2 Å². The van der Waals surface area contributed by atoms with Crippen LogP contribution in [0.2, 0.25) is 5.02 Å². The van der Waals surface area contributed by atoms with Gasteiger partial charge in [-0.05, 0) is 32.3 Å². The van der Waals surface area contributed by atoms with Crippen LogP contribution >= 0.6 is 11.6 Å². The molecule has 0 atom stereocenters. The molecule has 0 saturated heterocycles. The zero-order valence-electron chi connectivity index (χ0n) is 11.6. The van der Waals surface area contributed by atoms with Crippen LogP contribution in [0, 0.1) is 0 Å². The van der Waals surface area contributed by atoms with Crippen molar-refractivity contribution in [3.05, 3.63) is 22.5 Å². The van der Waals surface area contributed by atoms with Gasteiger partial charge in [0.2, 0.25) is 0 Å². The van der Waals surface area contributed by atoms with Crippen LogP contribution in [0.3, 0.4) is 0 Å². The molecule has 2 aromatic heterocycles. The maximum atomic E-state index is 6.50. The minimum Gasteiger partial charge on any atom is -0.247 e. The van der Waals surface area contributed by atoms with Crippen LogP contribution < -0.4 is 0 Å². The Bertz CT molecular complexity index is 597. The Morgan fingerprint density at radius 2 is 2.05 bits per heavy atom. The zero-order chi connectivity index (χ0) is 13.4. The average molecular weight is 278 g/mol. The van der Waals surface area contributed by atoms with E-state index in [1.54, 1.807) is 0 Å². The summed E-state index contributed by atoms with van der Waals surface area (Å²) < 4.78 is 1.98. The minimum absolute atomic E-state index is 0.590. The minimum atomic E-state index is 0.590. The highest BCUT2D eigenvalue weighted by Crippen LogP contribution is 2.36. The summed E-state index contributed by atoms with van der Waals surface area (Å²) in [7, 11) is 0. The molecule has 4 heteroatoms. The lowest BCUT2D eigenvalue weighted by Gasteiger charge is -2.10. The quantitative estimate of drug-likeness (QED) is 0.836. The molecule has 102 valence electrons. The van der Waals surface area contributed by atoms with Gasteiger partial charge >= 0.3 is 0 Å². The molecule has 19 heavy (non-hydrogen) atoms. The fourth-order valence-electron chi connectivity index (χ4n) is 3.11. The number of halogens is 1. The van der Waals surface area contributed by atoms with Crippen LogP contribution in [0.4, 0.5) is 0 Å². The average Bonchev–Trinajstić information content (AvgIpc) is 3.05. The zero-order valence-corrected chi connectivity index (χ0v) is 12.4. The summed E-state index contributed by atoms with van der Waals surface area (Å²) in [4.78, 5) is 4.87. The van der Waals surface area contributed by atoms with Crippen molar-refractivity contribution in [2.75, 3.05) is 0 Å². The van der Waals surface area contributed by atoms with Crippen molar-refractivity contribution in [3.63, 3.8) is 0 Å². The van der Waals surface area contributed by atoms with E-state index in [-0.39, 0.29) is 0 Å². The normalized spacial score (nSPS) is 16.6. The SMILES string of the molecule is CCc1nn(CC)c2nc(C3CCCC3)cc(Cl)c12. The van der Waals surface area contributed by atoms with E-state index in [9.17, 15) is 0 Å². The molecule has 3 nitrogen and oxygen atoms in total. The third kappa shape index (κ3) is 2.14. The van der Waals surface area contributed by atoms with Gasteiger partial charge in [-0.3, -0.25) is 0 Å². The van der Waals surface area contributed by atoms with Gasteiger partial charge in [0.1, 0.15) is 0 Å². The highest BCUT2D eigenvalue weighted by Gasteiger charge is 2.22. The number of aryl methyl sites for hydroxylation is 2. The molecule has 0 spiro atoms. The van der Waals surface area contributed by atoms with Gasteiger partial charge in [-0.1, -0.05) is 31.4 Å². The number of aromatic nitrogens is 3. The summed E-state index contributed by atoms with van der Waals surface area (Å²) in [6, 6.07) is 2.07. The van der Waals surface area contributed by atoms with Crippen molar-refractivity contribution in [1.82, 2.24) is 14.8 Å². The molecule has 2 heterocycles. The second kappa shape index (κ2) is 5.12. The molecular weight excluding hydrogens is 258 g/mol. The lowest BCUT2D eigenvalue weighted by Crippen LogP contribution is -2.02. The Balaban J connectivity index is 2.18. The second-order valence-corrected chi connectivity index (χ2v) is 5.73. The monoisotopic (exact) mass is 277 g/mol. The van der Waals surface area contributed by atoms with Crippen molar-refractivity contribution in [3.8, 4) is 0 Å². The number of fused-ring (bicyclic) bond motifs is 1. The van der Waals surface area contributed by atoms with Gasteiger partial charge in [0.15, 0.2) is 5.65 Å². The molecule has 0 unspecified atom stereocenters. The first-order valence-electron chi connectivity index (χ1n) is 7.30. The first-order chi connectivity index (χ1) is 9.24. The number of hydrogen-bond acceptors (Lipinski definition) is 2. The smallest absolute Gasteiger partial charge is 0.159 e. The molecule has 1 fully saturated rings. The molecule has 0 amide bonds. The van der Waals surface area contributed by atoms with Crippen LogP contribution in [0.5, 0.6) is 0 Å². The van der Waals surface area contributed by atoms with Crippen molar-refractivity contribution in [1.29, 1.82) is 0 Å². The van der Waals surface area contributed by atoms with E-state index >= 15 is 0 Å². The van der Waals surface area contributed by atoms with Crippen molar-refractivity contribution in [2.45, 2.75) is 58.4 Å². The Kier molecular flexibility index (Phi) is 3.48. The van der Waals surface area contributed by atoms with Crippen molar-refractivity contribution >= 4 is 22.6 Å². The molecule has 1 saturated carbocycles. The Morgan fingerprint density at radius 3 is 2.68 bits per heavy atom. The summed E-state index contributed by atoms with van der Waals surface area (Å²) in [5, 5.41) is 6.50. The fraction of sp³-hybridized carbons (Fsp3) is 0.600. The van der Waals surface area contributed by atoms with Crippen LogP contribution in [-0.4, -0.2) is 14.8 Å². The summed E-state index contributed by atoms with van der Waals surface area (Å²) >= 11 is 6.50. The van der Waals surface area contributed by atoms with E-state index in [4.69, 9.17) is 16.6 Å². The first kappa shape index (κ1) is 12.9. The van der Waals surface area contributed by atoms with E-state index < -0.39 is 0 Å². The predicted octanol–water partition coefficient (Wildman–Crippen LogP) is 4.32. The van der Waals surface area contributed by atoms with Crippen LogP contribution in [0.15, 0.2) is 6.07 Å². The van der Waals surface area contributed by atoms with Gasteiger partial charge < -0.3 is 0 Å². The lowest BCUT2D eigenvalue weighted by atomic mass is 10.0. The number of pyridine rings is 1. The fourth-order valence-corrected chi connectivity index (χ4v) is 3.42. The molecule has 3 rings (SSSR count). The molecule has 0 N–H and O–H groups in total. The summed E-state index contributed by atoms with van der Waals surface area (Å²) in [5.41, 5.74) is 3.19. The highest BCUT2D eigenvalue weighted by atomic mass is 35.5. The Morgan fingerprint density at radius 1 is 1.32 bits per heavy atom. The number of nitrogens with zero attached hydrogens (tertiary/aromatic N) is 3. The largest absolute Gasteiger partial charge is 0.247 e. The van der Waals surface area contributed by atoms with Gasteiger partial charge in [0.25, 0.3) is 0 Å². The maximum Gasteiger partial charge on any atom is 0.159 e. The van der Waals surface area contributed by atoms with Crippen molar-refractivity contribution in [2.24, 2.45) is 0 Å². The van der Waals surface area contributed by atoms with E-state index in [2.05, 4.69) is 25.0 Å². The standard InChI is InChI=1S/C15H20ClN3/c1-3-12-14-11(16)9-13(10-7-5-6-8-10)17-15(14)19(4-2)18-12/h9-10H,3-8H2,1-2H3. The molecule has 1 aliphatic rings. The third-order valence-corrected chi connectivity index (χ3v) is 4.45. The molecule has 0 aliphatic heterocycles. The summed E-state index contributed by atoms with van der Waals surface area (Å²) in [6.45, 7) is 5.06. The van der Waals surface area contributed by atoms with Gasteiger partial charge in [0.05, 0.1) is 16.1 Å². The number of hydrogen-bond donors (Lipinski definition) is 0. The summed E-state index contributed by atoms with van der Waals surface area (Å²) in [6.07, 6.45) is 6.02. The Labute approximate surface area is 119 Å². The van der Waals surface area contributed by atoms with Crippen LogP contribution in [0.25, 0.3) is 11.0 Å². The van der Waals surface area contributed by atoms with E-state index in [1.807, 2.05) is 4.68 Å². The molecular formula is C15H20ClN3. The van der Waals surface area contributed by atoms with Gasteiger partial charge in [-0.2, -0.15) is 5.10 Å². The van der Waals surface area contributed by atoms with Crippen LogP contribution in [0.1, 0.15) is 56.8 Å². The van der Waals surface area contributed by atoms with Gasteiger partial charge in [-0.25, -0.2) is 9.67 Å². The molecule has 2 aromatic rings. The molecule has 0 radical (unpaired) electrons. The van der Waals surface area contributed by atoms with E-state index in [1.165, 1.54) is 25.7 Å². The Hall–Kier alpha value is -1.09. The van der Waals surface area contributed by atoms with E-state index in [0.29, 0.717) is 5.92 Å². The molecule has 0 bridgehead atoms. The maximum absolute atomic E-state index is 6.50. The third-order valence-electron chi connectivity index (χ3n) is 4.15. The van der Waals surface area contributed by atoms with Crippen molar-refractivity contribution < 1.29 is 0 Å². The number of rotatable bonds is 3. The highest BCUT2D eigenvalue weighted by molar-refractivity contribution is 6.35. The lowest BCUT2D eigenvalue weighted by molar-refractivity contribution is 0.654. The van der Waals surface area contributed by atoms with Gasteiger partial charge in [-0.15, -0.1) is 0 Å². The second-order valence-electron chi connectivity index (χ2n) is 5.32. The predicted molar refractivity (Wildman–Crippen MR) is 78.8 cm³/mol. The van der Waals surface area contributed by atoms with E-state index in [0.717, 1.165) is 40.4 Å². The summed E-state index contributed by atoms with van der Waals surface area (Å²) in [5.74, 6) is 0.590.